The minimum Gasteiger partial charge on any atom is -0.496 e. The van der Waals surface area contributed by atoms with Crippen LogP contribution >= 0.6 is 0 Å². The number of nitrogens with zero attached hydrogens (tertiary/aromatic N) is 2. The predicted molar refractivity (Wildman–Crippen MR) is 145 cm³/mol. The molecule has 0 bridgehead atoms. The van der Waals surface area contributed by atoms with Crippen LogP contribution in [0.3, 0.4) is 0 Å². The van der Waals surface area contributed by atoms with Crippen LogP contribution in [0.4, 0.5) is 0 Å². The maximum Gasteiger partial charge on any atom is 0.303 e. The van der Waals surface area contributed by atoms with Crippen LogP contribution in [0.1, 0.15) is 42.0 Å². The van der Waals surface area contributed by atoms with Gasteiger partial charge in [-0.1, -0.05) is 66.2 Å². The van der Waals surface area contributed by atoms with Crippen LogP contribution in [-0.4, -0.2) is 39.8 Å². The number of methoxy groups -OCH3 is 1. The number of aromatic nitrogens is 1. The molecule has 0 saturated carbocycles. The summed E-state index contributed by atoms with van der Waals surface area (Å²) in [4.78, 5) is 41.0. The number of ether oxygens (including phenoxy) is 1. The van der Waals surface area contributed by atoms with E-state index < -0.39 is 17.9 Å². The highest BCUT2D eigenvalue weighted by molar-refractivity contribution is 6.13. The summed E-state index contributed by atoms with van der Waals surface area (Å²) < 4.78 is 5.56. The van der Waals surface area contributed by atoms with Gasteiger partial charge >= 0.3 is 5.97 Å². The van der Waals surface area contributed by atoms with E-state index in [9.17, 15) is 14.4 Å². The van der Waals surface area contributed by atoms with Crippen molar-refractivity contribution in [2.24, 2.45) is 5.10 Å². The maximum absolute atomic E-state index is 13.6. The van der Waals surface area contributed by atoms with Gasteiger partial charge in [0.15, 0.2) is 0 Å². The number of para-hydroxylation sites is 2. The van der Waals surface area contributed by atoms with Crippen LogP contribution in [0, 0.1) is 6.92 Å². The molecule has 38 heavy (non-hydrogen) atoms. The molecule has 8 nitrogen and oxygen atoms in total. The van der Waals surface area contributed by atoms with E-state index in [-0.39, 0.29) is 24.8 Å². The maximum atomic E-state index is 13.6. The van der Waals surface area contributed by atoms with Gasteiger partial charge in [0.25, 0.3) is 5.56 Å². The largest absolute Gasteiger partial charge is 0.496 e. The van der Waals surface area contributed by atoms with Gasteiger partial charge in [0.1, 0.15) is 5.75 Å². The first-order valence-electron chi connectivity index (χ1n) is 12.3. The molecular formula is C30H27N3O5. The van der Waals surface area contributed by atoms with Crippen LogP contribution in [0.15, 0.2) is 82.7 Å². The second-order valence-corrected chi connectivity index (χ2v) is 9.26. The Kier molecular flexibility index (Phi) is 6.79. The molecule has 0 fully saturated rings. The van der Waals surface area contributed by atoms with Gasteiger partial charge in [0, 0.05) is 34.9 Å². The Morgan fingerprint density at radius 1 is 1.00 bits per heavy atom. The topological polar surface area (TPSA) is 112 Å². The number of hydrazone groups is 1. The Bertz CT molecular complexity index is 1620. The average Bonchev–Trinajstić information content (AvgIpc) is 3.36. The summed E-state index contributed by atoms with van der Waals surface area (Å²) in [6.45, 7) is 2.00. The number of hydrogen-bond acceptors (Lipinski definition) is 5. The number of hydrogen-bond donors (Lipinski definition) is 2. The van der Waals surface area contributed by atoms with E-state index >= 15 is 0 Å². The van der Waals surface area contributed by atoms with E-state index in [1.165, 1.54) is 5.01 Å². The number of H-pyrrole nitrogens is 1. The summed E-state index contributed by atoms with van der Waals surface area (Å²) >= 11 is 0. The van der Waals surface area contributed by atoms with Gasteiger partial charge in [-0.2, -0.15) is 5.10 Å². The number of aromatic amines is 1. The number of aliphatic carboxylic acids is 1. The second kappa shape index (κ2) is 10.3. The highest BCUT2D eigenvalue weighted by Crippen LogP contribution is 2.40. The first-order valence-corrected chi connectivity index (χ1v) is 12.3. The summed E-state index contributed by atoms with van der Waals surface area (Å²) in [6, 6.07) is 22.3. The first kappa shape index (κ1) is 25.0. The van der Waals surface area contributed by atoms with Gasteiger partial charge in [-0.3, -0.25) is 14.4 Å². The Morgan fingerprint density at radius 3 is 2.45 bits per heavy atom. The fraction of sp³-hybridized carbons (Fsp3) is 0.200. The molecule has 1 aliphatic rings. The minimum absolute atomic E-state index is 0.212. The molecule has 4 aromatic rings. The third-order valence-electron chi connectivity index (χ3n) is 6.77. The van der Waals surface area contributed by atoms with Gasteiger partial charge in [-0.15, -0.1) is 0 Å². The van der Waals surface area contributed by atoms with Crippen molar-refractivity contribution in [1.29, 1.82) is 0 Å². The molecule has 2 N–H and O–H groups in total. The first-order chi connectivity index (χ1) is 18.4. The van der Waals surface area contributed by atoms with Crippen molar-refractivity contribution in [3.63, 3.8) is 0 Å². The van der Waals surface area contributed by atoms with Crippen molar-refractivity contribution >= 4 is 28.5 Å². The molecule has 1 atom stereocenters. The molecule has 1 aliphatic heterocycles. The van der Waals surface area contributed by atoms with Crippen molar-refractivity contribution in [3.8, 4) is 16.9 Å². The zero-order valence-corrected chi connectivity index (χ0v) is 21.1. The van der Waals surface area contributed by atoms with Crippen LogP contribution in [0.2, 0.25) is 0 Å². The zero-order valence-electron chi connectivity index (χ0n) is 21.1. The van der Waals surface area contributed by atoms with Gasteiger partial charge < -0.3 is 14.8 Å². The number of amides is 1. The summed E-state index contributed by atoms with van der Waals surface area (Å²) in [7, 11) is 1.55. The quantitative estimate of drug-likeness (QED) is 0.362. The van der Waals surface area contributed by atoms with E-state index in [0.29, 0.717) is 22.5 Å². The standard InChI is InChI=1S/C30H27N3O5/c1-18-11-13-19(14-12-18)28-20-7-3-5-9-22(20)31-30(37)29(28)23-17-24(21-8-4-6-10-25(21)38-2)33(32-23)26(34)15-16-27(35)36/h3-14,24H,15-17H2,1-2H3,(H,31,37)(H,35,36)/t24-/m1/s1. The molecule has 8 heteroatoms. The molecule has 2 heterocycles. The molecule has 0 aliphatic carbocycles. The van der Waals surface area contributed by atoms with Gasteiger partial charge in [0.05, 0.1) is 30.8 Å². The van der Waals surface area contributed by atoms with Crippen LogP contribution < -0.4 is 10.3 Å². The van der Waals surface area contributed by atoms with Gasteiger partial charge in [-0.25, -0.2) is 5.01 Å². The number of aryl methyl sites for hydroxylation is 1. The minimum atomic E-state index is -1.07. The molecule has 0 unspecified atom stereocenters. The molecular weight excluding hydrogens is 482 g/mol. The van der Waals surface area contributed by atoms with E-state index in [2.05, 4.69) is 10.1 Å². The van der Waals surface area contributed by atoms with Crippen molar-refractivity contribution in [2.75, 3.05) is 7.11 Å². The lowest BCUT2D eigenvalue weighted by atomic mass is 9.90. The number of pyridine rings is 1. The lowest BCUT2D eigenvalue weighted by Gasteiger charge is -2.23. The lowest BCUT2D eigenvalue weighted by Crippen LogP contribution is -2.27. The van der Waals surface area contributed by atoms with Crippen molar-refractivity contribution in [2.45, 2.75) is 32.2 Å². The molecule has 1 amide bonds. The van der Waals surface area contributed by atoms with Crippen LogP contribution in [-0.2, 0) is 9.59 Å². The molecule has 3 aromatic carbocycles. The summed E-state index contributed by atoms with van der Waals surface area (Å²) in [5.41, 5.74) is 4.65. The smallest absolute Gasteiger partial charge is 0.303 e. The fourth-order valence-electron chi connectivity index (χ4n) is 4.94. The molecule has 0 radical (unpaired) electrons. The molecule has 5 rings (SSSR count). The number of rotatable bonds is 7. The van der Waals surface area contributed by atoms with E-state index in [1.807, 2.05) is 73.7 Å². The van der Waals surface area contributed by atoms with E-state index in [1.54, 1.807) is 13.2 Å². The highest BCUT2D eigenvalue weighted by Gasteiger charge is 2.36. The summed E-state index contributed by atoms with van der Waals surface area (Å²) in [5.74, 6) is -0.924. The van der Waals surface area contributed by atoms with Gasteiger partial charge in [0.2, 0.25) is 5.91 Å². The second-order valence-electron chi connectivity index (χ2n) is 9.26. The van der Waals surface area contributed by atoms with Crippen molar-refractivity contribution in [1.82, 2.24) is 9.99 Å². The third-order valence-corrected chi connectivity index (χ3v) is 6.77. The average molecular weight is 510 g/mol. The Hall–Kier alpha value is -4.72. The Balaban J connectivity index is 1.70. The molecule has 0 spiro atoms. The summed E-state index contributed by atoms with van der Waals surface area (Å²) in [5, 5.41) is 16.0. The lowest BCUT2D eigenvalue weighted by molar-refractivity contribution is -0.141. The SMILES string of the molecule is COc1ccccc1[C@H]1CC(c2c(-c3ccc(C)cc3)c3ccccc3[nH]c2=O)=NN1C(=O)CCC(=O)O. The highest BCUT2D eigenvalue weighted by atomic mass is 16.5. The Morgan fingerprint density at radius 2 is 1.71 bits per heavy atom. The Labute approximate surface area is 219 Å². The fourth-order valence-corrected chi connectivity index (χ4v) is 4.94. The molecule has 0 saturated heterocycles. The summed E-state index contributed by atoms with van der Waals surface area (Å²) in [6.07, 6.45) is -0.264. The zero-order chi connectivity index (χ0) is 26.8. The predicted octanol–water partition coefficient (Wildman–Crippen LogP) is 5.05. The molecule has 192 valence electrons. The number of benzene rings is 3. The number of fused-ring (bicyclic) bond motifs is 1. The van der Waals surface area contributed by atoms with Crippen molar-refractivity contribution in [3.05, 3.63) is 99.8 Å². The molecule has 1 aromatic heterocycles. The number of carboxylic acid groups (broad SMARTS) is 1. The third kappa shape index (κ3) is 4.68. The normalized spacial score (nSPS) is 14.9. The van der Waals surface area contributed by atoms with Crippen LogP contribution in [0.25, 0.3) is 22.0 Å². The number of carboxylic acids is 1. The number of carbonyl (C=O) groups is 2. The van der Waals surface area contributed by atoms with Crippen LogP contribution in [0.5, 0.6) is 5.75 Å². The van der Waals surface area contributed by atoms with E-state index in [4.69, 9.17) is 9.84 Å². The van der Waals surface area contributed by atoms with E-state index in [0.717, 1.165) is 27.6 Å². The monoisotopic (exact) mass is 509 g/mol. The number of carbonyl (C=O) groups excluding carboxylic acids is 1. The number of nitrogens with one attached hydrogen (secondary N) is 1. The van der Waals surface area contributed by atoms with Crippen molar-refractivity contribution < 1.29 is 19.4 Å². The van der Waals surface area contributed by atoms with Gasteiger partial charge in [-0.05, 0) is 24.6 Å².